The molecule has 0 saturated heterocycles. The molecule has 0 aliphatic carbocycles. The minimum absolute atomic E-state index is 0.0663. The molecule has 0 atom stereocenters. The van der Waals surface area contributed by atoms with Crippen molar-refractivity contribution in [3.8, 4) is 0 Å². The Hall–Kier alpha value is -2.99. The molecule has 6 heteroatoms. The first kappa shape index (κ1) is 17.4. The third-order valence-corrected chi connectivity index (χ3v) is 4.83. The lowest BCUT2D eigenvalue weighted by Crippen LogP contribution is -2.32. The van der Waals surface area contributed by atoms with Crippen LogP contribution in [0.25, 0.3) is 0 Å². The summed E-state index contributed by atoms with van der Waals surface area (Å²) < 4.78 is 0. The molecule has 1 aliphatic rings. The normalized spacial score (nSPS) is 13.2. The van der Waals surface area contributed by atoms with Gasteiger partial charge in [0, 0.05) is 43.5 Å². The van der Waals surface area contributed by atoms with Gasteiger partial charge in [-0.1, -0.05) is 35.9 Å². The molecule has 138 valence electrons. The van der Waals surface area contributed by atoms with E-state index in [4.69, 9.17) is 0 Å². The monoisotopic (exact) mass is 361 g/mol. The third kappa shape index (κ3) is 3.90. The number of hydrogen-bond acceptors (Lipinski definition) is 4. The van der Waals surface area contributed by atoms with Crippen LogP contribution in [0.2, 0.25) is 0 Å². The number of benzene rings is 1. The lowest BCUT2D eigenvalue weighted by atomic mass is 10.1. The van der Waals surface area contributed by atoms with Crippen LogP contribution in [0.15, 0.2) is 48.7 Å². The predicted molar refractivity (Wildman–Crippen MR) is 103 cm³/mol. The van der Waals surface area contributed by atoms with E-state index in [1.54, 1.807) is 6.20 Å². The molecule has 1 aliphatic heterocycles. The fourth-order valence-corrected chi connectivity index (χ4v) is 3.47. The fourth-order valence-electron chi connectivity index (χ4n) is 3.47. The number of aromatic amines is 1. The molecule has 0 bridgehead atoms. The Kier molecular flexibility index (Phi) is 4.98. The molecule has 3 heterocycles. The highest BCUT2D eigenvalue weighted by molar-refractivity contribution is 5.94. The molecule has 2 N–H and O–H groups in total. The van der Waals surface area contributed by atoms with Crippen LogP contribution >= 0.6 is 0 Å². The number of hydrogen-bond donors (Lipinski definition) is 2. The summed E-state index contributed by atoms with van der Waals surface area (Å²) in [6.07, 6.45) is 2.62. The van der Waals surface area contributed by atoms with Gasteiger partial charge in [-0.2, -0.15) is 5.10 Å². The Balaban J connectivity index is 1.64. The lowest BCUT2D eigenvalue weighted by molar-refractivity contribution is 0.0720. The summed E-state index contributed by atoms with van der Waals surface area (Å²) in [6.45, 7) is 4.61. The van der Waals surface area contributed by atoms with Gasteiger partial charge in [0.05, 0.1) is 12.2 Å². The molecule has 27 heavy (non-hydrogen) atoms. The first-order valence-electron chi connectivity index (χ1n) is 9.22. The van der Waals surface area contributed by atoms with Gasteiger partial charge in [0.2, 0.25) is 0 Å². The van der Waals surface area contributed by atoms with Crippen molar-refractivity contribution in [2.45, 2.75) is 33.0 Å². The van der Waals surface area contributed by atoms with E-state index in [2.05, 4.69) is 39.6 Å². The zero-order chi connectivity index (χ0) is 18.6. The molecular formula is C21H23N5O. The van der Waals surface area contributed by atoms with Crippen molar-refractivity contribution in [1.82, 2.24) is 25.4 Å². The summed E-state index contributed by atoms with van der Waals surface area (Å²) in [5.74, 6) is -0.0663. The maximum absolute atomic E-state index is 13.4. The first-order valence-corrected chi connectivity index (χ1v) is 9.22. The average Bonchev–Trinajstić information content (AvgIpc) is 3.12. The quantitative estimate of drug-likeness (QED) is 0.733. The van der Waals surface area contributed by atoms with Crippen LogP contribution in [-0.4, -0.2) is 32.5 Å². The minimum Gasteiger partial charge on any atom is -0.327 e. The molecule has 1 aromatic carbocycles. The Morgan fingerprint density at radius 2 is 2.11 bits per heavy atom. The second-order valence-electron chi connectivity index (χ2n) is 6.93. The highest BCUT2D eigenvalue weighted by atomic mass is 16.2. The van der Waals surface area contributed by atoms with Crippen molar-refractivity contribution >= 4 is 5.91 Å². The third-order valence-electron chi connectivity index (χ3n) is 4.83. The lowest BCUT2D eigenvalue weighted by Gasteiger charge is -2.23. The van der Waals surface area contributed by atoms with Gasteiger partial charge >= 0.3 is 0 Å². The fraction of sp³-hybridized carbons (Fsp3) is 0.286. The van der Waals surface area contributed by atoms with Crippen molar-refractivity contribution in [2.24, 2.45) is 0 Å². The van der Waals surface area contributed by atoms with Crippen LogP contribution in [0, 0.1) is 6.92 Å². The van der Waals surface area contributed by atoms with Crippen LogP contribution in [-0.2, 0) is 26.1 Å². The second-order valence-corrected chi connectivity index (χ2v) is 6.93. The van der Waals surface area contributed by atoms with E-state index >= 15 is 0 Å². The van der Waals surface area contributed by atoms with Crippen molar-refractivity contribution in [2.75, 3.05) is 6.54 Å². The number of nitrogens with zero attached hydrogens (tertiary/aromatic N) is 3. The molecule has 3 aromatic rings. The van der Waals surface area contributed by atoms with E-state index < -0.39 is 0 Å². The van der Waals surface area contributed by atoms with Crippen LogP contribution in [0.3, 0.4) is 0 Å². The maximum Gasteiger partial charge on any atom is 0.275 e. The molecule has 0 saturated carbocycles. The molecule has 0 unspecified atom stereocenters. The van der Waals surface area contributed by atoms with Crippen molar-refractivity contribution < 1.29 is 4.79 Å². The van der Waals surface area contributed by atoms with E-state index in [0.29, 0.717) is 25.3 Å². The Labute approximate surface area is 158 Å². The number of rotatable bonds is 5. The second kappa shape index (κ2) is 7.72. The van der Waals surface area contributed by atoms with E-state index in [9.17, 15) is 4.79 Å². The highest BCUT2D eigenvalue weighted by Crippen LogP contribution is 2.19. The molecule has 6 nitrogen and oxygen atoms in total. The van der Waals surface area contributed by atoms with Crippen molar-refractivity contribution in [1.29, 1.82) is 0 Å². The van der Waals surface area contributed by atoms with Gasteiger partial charge in [0.15, 0.2) is 5.69 Å². The largest absolute Gasteiger partial charge is 0.327 e. The highest BCUT2D eigenvalue weighted by Gasteiger charge is 2.26. The molecule has 0 spiro atoms. The number of aryl methyl sites for hydroxylation is 1. The summed E-state index contributed by atoms with van der Waals surface area (Å²) in [6, 6.07) is 14.0. The number of fused-ring (bicyclic) bond motifs is 1. The zero-order valence-corrected chi connectivity index (χ0v) is 15.4. The number of H-pyrrole nitrogens is 1. The van der Waals surface area contributed by atoms with Crippen LogP contribution in [0.5, 0.6) is 0 Å². The molecular weight excluding hydrogens is 338 g/mol. The van der Waals surface area contributed by atoms with Crippen LogP contribution in [0.1, 0.15) is 38.6 Å². The Morgan fingerprint density at radius 1 is 1.19 bits per heavy atom. The summed E-state index contributed by atoms with van der Waals surface area (Å²) in [5, 5.41) is 10.7. The molecule has 1 amide bonds. The summed E-state index contributed by atoms with van der Waals surface area (Å²) in [5.41, 5.74) is 5.70. The number of amides is 1. The minimum atomic E-state index is -0.0663. The maximum atomic E-state index is 13.4. The number of pyridine rings is 1. The van der Waals surface area contributed by atoms with Crippen LogP contribution in [0.4, 0.5) is 0 Å². The first-order chi connectivity index (χ1) is 13.2. The molecule has 4 rings (SSSR count). The van der Waals surface area contributed by atoms with Gasteiger partial charge in [-0.3, -0.25) is 14.9 Å². The SMILES string of the molecule is Cc1cccc(CN(Cc2ccccn2)C(=O)c2n[nH]c3c2CNCC3)c1. The molecule has 0 radical (unpaired) electrons. The van der Waals surface area contributed by atoms with Crippen molar-refractivity contribution in [3.05, 3.63) is 82.4 Å². The zero-order valence-electron chi connectivity index (χ0n) is 15.4. The topological polar surface area (TPSA) is 73.9 Å². The summed E-state index contributed by atoms with van der Waals surface area (Å²) in [7, 11) is 0. The summed E-state index contributed by atoms with van der Waals surface area (Å²) in [4.78, 5) is 19.6. The van der Waals surface area contributed by atoms with E-state index in [1.165, 1.54) is 5.56 Å². The van der Waals surface area contributed by atoms with Gasteiger partial charge < -0.3 is 10.2 Å². The predicted octanol–water partition coefficient (Wildman–Crippen LogP) is 2.60. The Morgan fingerprint density at radius 3 is 2.93 bits per heavy atom. The van der Waals surface area contributed by atoms with Gasteiger partial charge in [-0.15, -0.1) is 0 Å². The number of aromatic nitrogens is 3. The number of nitrogens with one attached hydrogen (secondary N) is 2. The van der Waals surface area contributed by atoms with E-state index in [0.717, 1.165) is 35.5 Å². The Bertz CT molecular complexity index is 935. The standard InChI is InChI=1S/C21H23N5O/c1-15-5-4-6-16(11-15)13-26(14-17-7-2-3-9-23-17)21(27)20-18-12-22-10-8-19(18)24-25-20/h2-7,9,11,22H,8,10,12-14H2,1H3,(H,24,25). The van der Waals surface area contributed by atoms with Gasteiger partial charge in [-0.25, -0.2) is 0 Å². The summed E-state index contributed by atoms with van der Waals surface area (Å²) >= 11 is 0. The van der Waals surface area contributed by atoms with Gasteiger partial charge in [0.1, 0.15) is 0 Å². The van der Waals surface area contributed by atoms with Gasteiger partial charge in [0.25, 0.3) is 5.91 Å². The van der Waals surface area contributed by atoms with Crippen molar-refractivity contribution in [3.63, 3.8) is 0 Å². The molecule has 0 fully saturated rings. The van der Waals surface area contributed by atoms with E-state index in [1.807, 2.05) is 35.2 Å². The molecule has 2 aromatic heterocycles. The smallest absolute Gasteiger partial charge is 0.275 e. The number of carbonyl (C=O) groups is 1. The van der Waals surface area contributed by atoms with E-state index in [-0.39, 0.29) is 5.91 Å². The average molecular weight is 361 g/mol. The van der Waals surface area contributed by atoms with Crippen LogP contribution < -0.4 is 5.32 Å². The van der Waals surface area contributed by atoms with Gasteiger partial charge in [-0.05, 0) is 24.6 Å². The number of carbonyl (C=O) groups excluding carboxylic acids is 1.